The summed E-state index contributed by atoms with van der Waals surface area (Å²) in [5, 5.41) is 7.77. The van der Waals surface area contributed by atoms with Gasteiger partial charge in [-0.3, -0.25) is 0 Å². The fourth-order valence-electron chi connectivity index (χ4n) is 8.27. The van der Waals surface area contributed by atoms with E-state index in [1.807, 2.05) is 22.7 Å². The topological polar surface area (TPSA) is 3.24 Å². The van der Waals surface area contributed by atoms with E-state index in [9.17, 15) is 0 Å². The van der Waals surface area contributed by atoms with E-state index in [1.165, 1.54) is 84.5 Å². The Morgan fingerprint density at radius 2 is 0.818 bits per heavy atom. The maximum Gasteiger partial charge on any atom is 0.0540 e. The van der Waals surface area contributed by atoms with Gasteiger partial charge in [-0.2, -0.15) is 0 Å². The van der Waals surface area contributed by atoms with E-state index in [0.29, 0.717) is 0 Å². The lowest BCUT2D eigenvalue weighted by Gasteiger charge is -2.28. The second-order valence-electron chi connectivity index (χ2n) is 14.1. The molecular formula is C52H33NS2. The first-order chi connectivity index (χ1) is 27.3. The van der Waals surface area contributed by atoms with Crippen LogP contribution in [0.5, 0.6) is 0 Å². The summed E-state index contributed by atoms with van der Waals surface area (Å²) in [6, 6.07) is 73.4. The molecule has 0 bridgehead atoms. The third-order valence-corrected chi connectivity index (χ3v) is 13.3. The van der Waals surface area contributed by atoms with Crippen LogP contribution in [0.15, 0.2) is 200 Å². The van der Waals surface area contributed by atoms with E-state index in [1.54, 1.807) is 0 Å². The lowest BCUT2D eigenvalue weighted by molar-refractivity contribution is 1.28. The Morgan fingerprint density at radius 3 is 1.60 bits per heavy atom. The molecule has 3 heteroatoms. The Bertz CT molecular complexity index is 3200. The molecule has 258 valence electrons. The Hall–Kier alpha value is -6.52. The van der Waals surface area contributed by atoms with Gasteiger partial charge in [0.1, 0.15) is 0 Å². The molecule has 2 aromatic heterocycles. The molecule has 55 heavy (non-hydrogen) atoms. The normalized spacial score (nSPS) is 11.6. The van der Waals surface area contributed by atoms with Crippen LogP contribution in [0.2, 0.25) is 0 Å². The van der Waals surface area contributed by atoms with Crippen LogP contribution in [-0.2, 0) is 0 Å². The number of hydrogen-bond acceptors (Lipinski definition) is 3. The molecule has 0 spiro atoms. The van der Waals surface area contributed by atoms with Gasteiger partial charge in [-0.05, 0) is 93.2 Å². The lowest BCUT2D eigenvalue weighted by Crippen LogP contribution is -2.11. The quantitative estimate of drug-likeness (QED) is 0.164. The molecule has 9 aromatic carbocycles. The van der Waals surface area contributed by atoms with Crippen molar-refractivity contribution in [1.29, 1.82) is 0 Å². The van der Waals surface area contributed by atoms with Crippen LogP contribution in [0, 0.1) is 0 Å². The van der Waals surface area contributed by atoms with Crippen molar-refractivity contribution in [3.63, 3.8) is 0 Å². The van der Waals surface area contributed by atoms with Crippen molar-refractivity contribution < 1.29 is 0 Å². The Balaban J connectivity index is 1.06. The molecule has 0 saturated heterocycles. The van der Waals surface area contributed by atoms with Gasteiger partial charge in [-0.25, -0.2) is 0 Å². The van der Waals surface area contributed by atoms with Crippen molar-refractivity contribution in [3.8, 4) is 33.4 Å². The highest BCUT2D eigenvalue weighted by Gasteiger charge is 2.19. The molecule has 0 saturated carbocycles. The Labute approximate surface area is 327 Å². The van der Waals surface area contributed by atoms with Gasteiger partial charge < -0.3 is 4.90 Å². The smallest absolute Gasteiger partial charge is 0.0540 e. The summed E-state index contributed by atoms with van der Waals surface area (Å²) >= 11 is 3.74. The molecule has 0 aliphatic heterocycles. The van der Waals surface area contributed by atoms with Gasteiger partial charge in [0.2, 0.25) is 0 Å². The molecule has 2 heterocycles. The maximum atomic E-state index is 2.42. The van der Waals surface area contributed by atoms with Crippen molar-refractivity contribution in [2.45, 2.75) is 0 Å². The molecular weight excluding hydrogens is 703 g/mol. The molecule has 0 atom stereocenters. The van der Waals surface area contributed by atoms with Crippen molar-refractivity contribution >= 4 is 90.9 Å². The summed E-state index contributed by atoms with van der Waals surface area (Å²) in [5.74, 6) is 0. The second-order valence-corrected chi connectivity index (χ2v) is 16.2. The van der Waals surface area contributed by atoms with Crippen molar-refractivity contribution in [2.24, 2.45) is 0 Å². The van der Waals surface area contributed by atoms with Crippen molar-refractivity contribution in [2.75, 3.05) is 4.90 Å². The first kappa shape index (κ1) is 32.0. The molecule has 0 amide bonds. The Morgan fingerprint density at radius 1 is 0.309 bits per heavy atom. The van der Waals surface area contributed by atoms with Gasteiger partial charge in [0.25, 0.3) is 0 Å². The number of fused-ring (bicyclic) bond motifs is 7. The summed E-state index contributed by atoms with van der Waals surface area (Å²) in [7, 11) is 0. The van der Waals surface area contributed by atoms with E-state index in [0.717, 1.165) is 17.1 Å². The molecule has 1 nitrogen and oxygen atoms in total. The van der Waals surface area contributed by atoms with Crippen LogP contribution in [0.4, 0.5) is 17.1 Å². The van der Waals surface area contributed by atoms with Gasteiger partial charge >= 0.3 is 0 Å². The number of nitrogens with zero attached hydrogens (tertiary/aromatic N) is 1. The summed E-state index contributed by atoms with van der Waals surface area (Å²) < 4.78 is 5.29. The van der Waals surface area contributed by atoms with Gasteiger partial charge in [-0.15, -0.1) is 22.7 Å². The second kappa shape index (κ2) is 13.1. The van der Waals surface area contributed by atoms with Crippen LogP contribution in [0.1, 0.15) is 0 Å². The van der Waals surface area contributed by atoms with Gasteiger partial charge in [0.05, 0.1) is 5.69 Å². The van der Waals surface area contributed by atoms with Gasteiger partial charge in [0, 0.05) is 57.3 Å². The zero-order valence-electron chi connectivity index (χ0n) is 29.8. The molecule has 0 N–H and O–H groups in total. The number of para-hydroxylation sites is 1. The average molecular weight is 736 g/mol. The van der Waals surface area contributed by atoms with Crippen LogP contribution < -0.4 is 4.90 Å². The third kappa shape index (κ3) is 5.43. The SMILES string of the molecule is c1ccc(N(c2ccc(-c3cccc4ccccc34)cc2)c2ccc(-c3cccc4c3sc3ccccc34)cc2)c(-c2ccc3sc4ccccc4c3c2)c1. The van der Waals surface area contributed by atoms with E-state index in [2.05, 4.69) is 205 Å². The number of anilines is 3. The van der Waals surface area contributed by atoms with Crippen molar-refractivity contribution in [3.05, 3.63) is 200 Å². The van der Waals surface area contributed by atoms with Crippen molar-refractivity contribution in [1.82, 2.24) is 0 Å². The number of benzene rings is 9. The summed E-state index contributed by atoms with van der Waals surface area (Å²) in [6.07, 6.45) is 0. The lowest BCUT2D eigenvalue weighted by atomic mass is 9.97. The molecule has 0 radical (unpaired) electrons. The predicted molar refractivity (Wildman–Crippen MR) is 241 cm³/mol. The van der Waals surface area contributed by atoms with Crippen LogP contribution >= 0.6 is 22.7 Å². The number of rotatable bonds is 6. The zero-order chi connectivity index (χ0) is 36.3. The molecule has 0 aliphatic carbocycles. The first-order valence-corrected chi connectivity index (χ1v) is 20.3. The zero-order valence-corrected chi connectivity index (χ0v) is 31.4. The minimum atomic E-state index is 1.11. The summed E-state index contributed by atoms with van der Waals surface area (Å²) in [5.41, 5.74) is 10.7. The molecule has 0 fully saturated rings. The number of hydrogen-bond donors (Lipinski definition) is 0. The summed E-state index contributed by atoms with van der Waals surface area (Å²) in [4.78, 5) is 2.42. The molecule has 0 unspecified atom stereocenters. The first-order valence-electron chi connectivity index (χ1n) is 18.7. The standard InChI is InChI=1S/C52H33NS2/c1-2-13-40-34(11-1)12-9-17-41(40)35-23-28-38(29-24-35)53(39-30-25-36(26-31-39)43-18-10-19-46-44-15-4-8-22-50(44)55-52(43)46)48-20-6-3-14-42(48)37-27-32-51-47(33-37)45-16-5-7-21-49(45)54-51/h1-33H. The highest BCUT2D eigenvalue weighted by atomic mass is 32.1. The van der Waals surface area contributed by atoms with Crippen LogP contribution in [-0.4, -0.2) is 0 Å². The number of thiophene rings is 2. The molecule has 11 aromatic rings. The maximum absolute atomic E-state index is 2.42. The van der Waals surface area contributed by atoms with E-state index in [-0.39, 0.29) is 0 Å². The minimum Gasteiger partial charge on any atom is -0.310 e. The monoisotopic (exact) mass is 735 g/mol. The average Bonchev–Trinajstić information content (AvgIpc) is 3.83. The van der Waals surface area contributed by atoms with E-state index < -0.39 is 0 Å². The minimum absolute atomic E-state index is 1.11. The molecule has 11 rings (SSSR count). The molecule has 0 aliphatic rings. The third-order valence-electron chi connectivity index (χ3n) is 10.9. The highest BCUT2D eigenvalue weighted by molar-refractivity contribution is 7.26. The van der Waals surface area contributed by atoms with Gasteiger partial charge in [-0.1, -0.05) is 146 Å². The van der Waals surface area contributed by atoms with Crippen LogP contribution in [0.3, 0.4) is 0 Å². The van der Waals surface area contributed by atoms with Crippen LogP contribution in [0.25, 0.3) is 84.5 Å². The van der Waals surface area contributed by atoms with E-state index >= 15 is 0 Å². The largest absolute Gasteiger partial charge is 0.310 e. The van der Waals surface area contributed by atoms with Gasteiger partial charge in [0.15, 0.2) is 0 Å². The summed E-state index contributed by atoms with van der Waals surface area (Å²) in [6.45, 7) is 0. The fourth-order valence-corrected chi connectivity index (χ4v) is 10.6. The predicted octanol–water partition coefficient (Wildman–Crippen LogP) is 16.0. The Kier molecular flexibility index (Phi) is 7.61. The van der Waals surface area contributed by atoms with E-state index in [4.69, 9.17) is 0 Å². The fraction of sp³-hybridized carbons (Fsp3) is 0. The highest BCUT2D eigenvalue weighted by Crippen LogP contribution is 2.45.